The van der Waals surface area contributed by atoms with Crippen LogP contribution in [0.2, 0.25) is 0 Å². The summed E-state index contributed by atoms with van der Waals surface area (Å²) in [7, 11) is 0. The van der Waals surface area contributed by atoms with Crippen molar-refractivity contribution in [2.45, 2.75) is 13.3 Å². The minimum absolute atomic E-state index is 0. The van der Waals surface area contributed by atoms with Gasteiger partial charge in [0.05, 0.1) is 12.4 Å². The van der Waals surface area contributed by atoms with Crippen LogP contribution >= 0.6 is 0 Å². The van der Waals surface area contributed by atoms with Gasteiger partial charge in [-0.15, -0.1) is 23.8 Å². The van der Waals surface area contributed by atoms with Gasteiger partial charge in [-0.25, -0.2) is 0 Å². The van der Waals surface area contributed by atoms with Crippen molar-refractivity contribution in [2.75, 3.05) is 6.61 Å². The Morgan fingerprint density at radius 3 is 3.00 bits per heavy atom. The zero-order chi connectivity index (χ0) is 14.2. The number of para-hydroxylation sites is 1. The number of rotatable bonds is 2. The summed E-state index contributed by atoms with van der Waals surface area (Å²) in [4.78, 5) is 4.52. The van der Waals surface area contributed by atoms with Gasteiger partial charge in [-0.2, -0.15) is 0 Å². The fraction of sp³-hybridized carbons (Fsp3) is 0.167. The fourth-order valence-corrected chi connectivity index (χ4v) is 2.78. The normalized spacial score (nSPS) is 12.4. The van der Waals surface area contributed by atoms with E-state index >= 15 is 0 Å². The summed E-state index contributed by atoms with van der Waals surface area (Å²) in [5.41, 5.74) is 4.62. The van der Waals surface area contributed by atoms with Gasteiger partial charge in [0.15, 0.2) is 0 Å². The van der Waals surface area contributed by atoms with E-state index in [1.54, 1.807) is 0 Å². The molecule has 0 fully saturated rings. The molecule has 0 saturated heterocycles. The quantitative estimate of drug-likeness (QED) is 0.504. The third-order valence-electron chi connectivity index (χ3n) is 3.88. The zero-order valence-electron chi connectivity index (χ0n) is 12.2. The van der Waals surface area contributed by atoms with Crippen LogP contribution in [0, 0.1) is 13.0 Å². The molecule has 1 aliphatic heterocycles. The van der Waals surface area contributed by atoms with Crippen molar-refractivity contribution in [3.63, 3.8) is 0 Å². The van der Waals surface area contributed by atoms with E-state index in [1.807, 2.05) is 30.6 Å². The molecule has 0 spiro atoms. The Morgan fingerprint density at radius 2 is 2.14 bits per heavy atom. The summed E-state index contributed by atoms with van der Waals surface area (Å²) >= 11 is 0. The predicted molar refractivity (Wildman–Crippen MR) is 81.8 cm³/mol. The molecule has 0 N–H and O–H groups in total. The van der Waals surface area contributed by atoms with E-state index < -0.39 is 0 Å². The molecule has 4 heteroatoms. The van der Waals surface area contributed by atoms with Gasteiger partial charge in [-0.1, -0.05) is 23.8 Å². The zero-order valence-corrected chi connectivity index (χ0v) is 13.8. The maximum atomic E-state index is 5.55. The molecule has 0 amide bonds. The standard InChI is InChI=1S/C18H15N2O.Rh/c1-13-4-2-3-5-16(13)20-10-9-19-18(20)15-6-7-17-14(12-15)8-11-21-17;/h2-5,7,9-10,12H,8,11H2,1H3;/q-1;. The molecule has 1 radical (unpaired) electrons. The summed E-state index contributed by atoms with van der Waals surface area (Å²) in [5, 5.41) is 0. The number of hydrogen-bond acceptors (Lipinski definition) is 2. The Balaban J connectivity index is 0.00000144. The third-order valence-corrected chi connectivity index (χ3v) is 3.88. The summed E-state index contributed by atoms with van der Waals surface area (Å²) in [6.45, 7) is 2.87. The van der Waals surface area contributed by atoms with Gasteiger partial charge in [0, 0.05) is 43.3 Å². The van der Waals surface area contributed by atoms with Crippen molar-refractivity contribution in [1.82, 2.24) is 9.55 Å². The summed E-state index contributed by atoms with van der Waals surface area (Å²) in [6.07, 6.45) is 4.79. The van der Waals surface area contributed by atoms with Crippen molar-refractivity contribution < 1.29 is 24.2 Å². The maximum Gasteiger partial charge on any atom is 0.0781 e. The van der Waals surface area contributed by atoms with Gasteiger partial charge in [-0.3, -0.25) is 4.98 Å². The predicted octanol–water partition coefficient (Wildman–Crippen LogP) is 3.58. The number of fused-ring (bicyclic) bond motifs is 1. The van der Waals surface area contributed by atoms with E-state index in [1.165, 1.54) is 11.1 Å². The molecule has 0 atom stereocenters. The van der Waals surface area contributed by atoms with Crippen LogP contribution in [0.1, 0.15) is 11.1 Å². The van der Waals surface area contributed by atoms with Gasteiger partial charge >= 0.3 is 0 Å². The van der Waals surface area contributed by atoms with Crippen LogP contribution in [0.15, 0.2) is 48.8 Å². The summed E-state index contributed by atoms with van der Waals surface area (Å²) in [6, 6.07) is 15.7. The fourth-order valence-electron chi connectivity index (χ4n) is 2.78. The van der Waals surface area contributed by atoms with Crippen LogP contribution in [0.25, 0.3) is 17.1 Å². The van der Waals surface area contributed by atoms with E-state index in [4.69, 9.17) is 4.74 Å². The molecule has 4 rings (SSSR count). The van der Waals surface area contributed by atoms with Gasteiger partial charge in [-0.05, 0) is 25.0 Å². The van der Waals surface area contributed by atoms with E-state index in [2.05, 4.69) is 40.7 Å². The summed E-state index contributed by atoms with van der Waals surface area (Å²) in [5.74, 6) is 1.87. The molecular weight excluding hydrogens is 363 g/mol. The molecule has 3 aromatic rings. The van der Waals surface area contributed by atoms with Crippen LogP contribution in [-0.2, 0) is 25.9 Å². The van der Waals surface area contributed by atoms with Crippen LogP contribution in [0.4, 0.5) is 0 Å². The first-order valence-electron chi connectivity index (χ1n) is 7.10. The Morgan fingerprint density at radius 1 is 1.27 bits per heavy atom. The van der Waals surface area contributed by atoms with E-state index in [-0.39, 0.29) is 19.5 Å². The third kappa shape index (κ3) is 2.48. The molecule has 3 nitrogen and oxygen atoms in total. The smallest absolute Gasteiger partial charge is 0.0781 e. The monoisotopic (exact) mass is 378 g/mol. The molecule has 1 aliphatic rings. The average Bonchev–Trinajstić information content (AvgIpc) is 3.15. The Kier molecular flexibility index (Phi) is 4.13. The first-order chi connectivity index (χ1) is 10.3. The molecule has 1 aromatic heterocycles. The van der Waals surface area contributed by atoms with E-state index in [9.17, 15) is 0 Å². The second kappa shape index (κ2) is 6.06. The second-order valence-corrected chi connectivity index (χ2v) is 5.24. The Labute approximate surface area is 142 Å². The second-order valence-electron chi connectivity index (χ2n) is 5.24. The maximum absolute atomic E-state index is 5.55. The Hall–Kier alpha value is -1.93. The molecule has 0 aliphatic carbocycles. The molecule has 0 saturated carbocycles. The molecule has 2 heterocycles. The number of imidazole rings is 1. The number of hydrogen-bond donors (Lipinski definition) is 0. The minimum Gasteiger partial charge on any atom is -0.536 e. The number of ether oxygens (including phenoxy) is 1. The van der Waals surface area contributed by atoms with Crippen molar-refractivity contribution >= 4 is 0 Å². The van der Waals surface area contributed by atoms with Crippen LogP contribution in [0.5, 0.6) is 5.75 Å². The number of aromatic nitrogens is 2. The average molecular weight is 378 g/mol. The Bertz CT molecular complexity index is 810. The van der Waals surface area contributed by atoms with Gasteiger partial charge in [0.25, 0.3) is 0 Å². The van der Waals surface area contributed by atoms with Crippen LogP contribution in [-0.4, -0.2) is 16.2 Å². The van der Waals surface area contributed by atoms with E-state index in [0.29, 0.717) is 0 Å². The van der Waals surface area contributed by atoms with E-state index in [0.717, 1.165) is 35.9 Å². The van der Waals surface area contributed by atoms with Crippen LogP contribution < -0.4 is 4.74 Å². The number of nitrogens with zero attached hydrogens (tertiary/aromatic N) is 2. The van der Waals surface area contributed by atoms with Gasteiger partial charge < -0.3 is 9.30 Å². The van der Waals surface area contributed by atoms with Crippen molar-refractivity contribution in [3.05, 3.63) is 66.0 Å². The molecule has 0 bridgehead atoms. The topological polar surface area (TPSA) is 27.1 Å². The molecule has 113 valence electrons. The number of aryl methyl sites for hydroxylation is 1. The summed E-state index contributed by atoms with van der Waals surface area (Å²) < 4.78 is 7.66. The molecular formula is C18H15N2ORh-. The number of benzene rings is 2. The molecule has 22 heavy (non-hydrogen) atoms. The van der Waals surface area contributed by atoms with Gasteiger partial charge in [0.1, 0.15) is 0 Å². The van der Waals surface area contributed by atoms with Crippen molar-refractivity contribution in [3.8, 4) is 22.8 Å². The van der Waals surface area contributed by atoms with Crippen molar-refractivity contribution in [1.29, 1.82) is 0 Å². The van der Waals surface area contributed by atoms with Crippen LogP contribution in [0.3, 0.4) is 0 Å². The minimum atomic E-state index is 0. The SMILES string of the molecule is Cc1ccccc1-n1ccnc1-c1[c-]cc2c(c1)CCO2.[Rh]. The largest absolute Gasteiger partial charge is 0.536 e. The first-order valence-corrected chi connectivity index (χ1v) is 7.10. The van der Waals surface area contributed by atoms with Crippen molar-refractivity contribution in [2.24, 2.45) is 0 Å². The molecule has 0 unspecified atom stereocenters. The van der Waals surface area contributed by atoms with Gasteiger partial charge in [0.2, 0.25) is 0 Å². The molecule has 2 aromatic carbocycles. The first kappa shape index (κ1) is 15.0.